The molecule has 2 aromatic carbocycles. The van der Waals surface area contributed by atoms with E-state index in [-0.39, 0.29) is 17.3 Å². The summed E-state index contributed by atoms with van der Waals surface area (Å²) in [6.45, 7) is 3.08. The number of rotatable bonds is 6. The topological polar surface area (TPSA) is 84.3 Å². The second-order valence-electron chi connectivity index (χ2n) is 7.32. The summed E-state index contributed by atoms with van der Waals surface area (Å²) in [5.41, 5.74) is 1.89. The molecule has 30 heavy (non-hydrogen) atoms. The number of imidazole rings is 1. The van der Waals surface area contributed by atoms with Crippen LogP contribution < -0.4 is 5.32 Å². The van der Waals surface area contributed by atoms with Crippen LogP contribution in [-0.4, -0.2) is 47.3 Å². The van der Waals surface area contributed by atoms with E-state index >= 15 is 0 Å². The molecule has 1 atom stereocenters. The number of carbonyl (C=O) groups excluding carboxylic acids is 1. The lowest BCUT2D eigenvalue weighted by molar-refractivity contribution is -0.124. The Morgan fingerprint density at radius 1 is 1.20 bits per heavy atom. The Morgan fingerprint density at radius 2 is 1.93 bits per heavy atom. The van der Waals surface area contributed by atoms with Gasteiger partial charge in [0.1, 0.15) is 17.7 Å². The molecule has 1 aliphatic rings. The number of nitrogens with zero attached hydrogens (tertiary/aromatic N) is 3. The highest BCUT2D eigenvalue weighted by Gasteiger charge is 2.39. The first-order valence-electron chi connectivity index (χ1n) is 9.85. The normalized spacial score (nSPS) is 17.5. The van der Waals surface area contributed by atoms with Crippen molar-refractivity contribution in [1.82, 2.24) is 19.2 Å². The van der Waals surface area contributed by atoms with E-state index in [1.165, 1.54) is 16.4 Å². The third-order valence-corrected chi connectivity index (χ3v) is 7.33. The van der Waals surface area contributed by atoms with Gasteiger partial charge < -0.3 is 9.88 Å². The molecule has 0 spiro atoms. The zero-order valence-electron chi connectivity index (χ0n) is 16.6. The summed E-state index contributed by atoms with van der Waals surface area (Å²) in [7, 11) is -3.86. The Labute approximate surface area is 174 Å². The summed E-state index contributed by atoms with van der Waals surface area (Å²) in [6, 6.07) is 11.7. The highest BCUT2D eigenvalue weighted by molar-refractivity contribution is 7.89. The Bertz CT molecular complexity index is 1170. The van der Waals surface area contributed by atoms with Gasteiger partial charge in [0.25, 0.3) is 0 Å². The fourth-order valence-corrected chi connectivity index (χ4v) is 5.58. The van der Waals surface area contributed by atoms with Gasteiger partial charge >= 0.3 is 0 Å². The van der Waals surface area contributed by atoms with Gasteiger partial charge in [0, 0.05) is 19.6 Å². The maximum absolute atomic E-state index is 13.2. The zero-order chi connectivity index (χ0) is 21.3. The van der Waals surface area contributed by atoms with Gasteiger partial charge in [-0.1, -0.05) is 12.1 Å². The maximum Gasteiger partial charge on any atom is 0.243 e. The summed E-state index contributed by atoms with van der Waals surface area (Å²) in [5, 5.41) is 2.86. The van der Waals surface area contributed by atoms with Crippen molar-refractivity contribution in [2.24, 2.45) is 0 Å². The molecule has 1 unspecified atom stereocenters. The first kappa shape index (κ1) is 20.5. The minimum absolute atomic E-state index is 0.0101. The van der Waals surface area contributed by atoms with Crippen LogP contribution in [0.15, 0.2) is 53.4 Å². The molecule has 158 valence electrons. The lowest BCUT2D eigenvalue weighted by Gasteiger charge is -2.23. The number of aromatic nitrogens is 2. The van der Waals surface area contributed by atoms with Gasteiger partial charge in [0.05, 0.1) is 15.9 Å². The monoisotopic (exact) mass is 430 g/mol. The molecule has 0 bridgehead atoms. The second kappa shape index (κ2) is 8.16. The first-order valence-corrected chi connectivity index (χ1v) is 11.3. The van der Waals surface area contributed by atoms with E-state index in [1.54, 1.807) is 0 Å². The predicted molar refractivity (Wildman–Crippen MR) is 111 cm³/mol. The number of nitrogens with one attached hydrogen (secondary N) is 1. The van der Waals surface area contributed by atoms with E-state index < -0.39 is 21.9 Å². The van der Waals surface area contributed by atoms with Crippen LogP contribution in [0.1, 0.15) is 18.7 Å². The minimum Gasteiger partial charge on any atom is -0.353 e. The van der Waals surface area contributed by atoms with Gasteiger partial charge in [-0.25, -0.2) is 17.8 Å². The van der Waals surface area contributed by atoms with Gasteiger partial charge in [-0.3, -0.25) is 4.79 Å². The molecule has 2 heterocycles. The zero-order valence-corrected chi connectivity index (χ0v) is 17.4. The van der Waals surface area contributed by atoms with E-state index in [1.807, 2.05) is 35.8 Å². The third-order valence-electron chi connectivity index (χ3n) is 5.41. The lowest BCUT2D eigenvalue weighted by Crippen LogP contribution is -2.46. The number of amides is 1. The highest BCUT2D eigenvalue weighted by atomic mass is 32.2. The van der Waals surface area contributed by atoms with Crippen LogP contribution in [0.3, 0.4) is 0 Å². The molecule has 1 amide bonds. The molecule has 0 aliphatic carbocycles. The van der Waals surface area contributed by atoms with E-state index in [4.69, 9.17) is 0 Å². The van der Waals surface area contributed by atoms with Crippen molar-refractivity contribution < 1.29 is 17.6 Å². The average molecular weight is 431 g/mol. The molecular formula is C21H23FN4O3S. The van der Waals surface area contributed by atoms with Crippen LogP contribution >= 0.6 is 0 Å². The average Bonchev–Trinajstić information content (AvgIpc) is 3.34. The third kappa shape index (κ3) is 3.82. The molecule has 1 fully saturated rings. The Hall–Kier alpha value is -2.78. The number of carbonyl (C=O) groups is 1. The standard InChI is InChI=1S/C21H23FN4O3S/c1-15-24-18-5-2-3-6-19(18)25(15)14-12-23-21(27)20-7-4-13-26(20)30(28,29)17-10-8-16(22)9-11-17/h2-3,5-6,8-11,20H,4,7,12-14H2,1H3,(H,23,27). The SMILES string of the molecule is Cc1nc2ccccc2n1CCNC(=O)C1CCCN1S(=O)(=O)c1ccc(F)cc1. The van der Waals surface area contributed by atoms with E-state index in [2.05, 4.69) is 10.3 Å². The summed E-state index contributed by atoms with van der Waals surface area (Å²) in [6.07, 6.45) is 1.06. The molecule has 0 radical (unpaired) electrons. The summed E-state index contributed by atoms with van der Waals surface area (Å²) in [4.78, 5) is 17.3. The molecule has 1 aliphatic heterocycles. The molecular weight excluding hydrogens is 407 g/mol. The summed E-state index contributed by atoms with van der Waals surface area (Å²) < 4.78 is 42.2. The fraction of sp³-hybridized carbons (Fsp3) is 0.333. The largest absolute Gasteiger partial charge is 0.353 e. The van der Waals surface area contributed by atoms with Crippen molar-refractivity contribution in [2.75, 3.05) is 13.1 Å². The number of halogens is 1. The number of para-hydroxylation sites is 2. The van der Waals surface area contributed by atoms with Crippen molar-refractivity contribution in [1.29, 1.82) is 0 Å². The van der Waals surface area contributed by atoms with Gasteiger partial charge in [-0.15, -0.1) is 0 Å². The van der Waals surface area contributed by atoms with E-state index in [0.717, 1.165) is 29.0 Å². The van der Waals surface area contributed by atoms with Crippen LogP contribution in [0.5, 0.6) is 0 Å². The molecule has 1 N–H and O–H groups in total. The smallest absolute Gasteiger partial charge is 0.243 e. The number of sulfonamides is 1. The molecule has 4 rings (SSSR count). The second-order valence-corrected chi connectivity index (χ2v) is 9.21. The molecule has 1 aromatic heterocycles. The molecule has 0 saturated carbocycles. The van der Waals surface area contributed by atoms with Gasteiger partial charge in [0.2, 0.25) is 15.9 Å². The van der Waals surface area contributed by atoms with Crippen molar-refractivity contribution in [3.63, 3.8) is 0 Å². The number of hydrogen-bond donors (Lipinski definition) is 1. The van der Waals surface area contributed by atoms with E-state index in [9.17, 15) is 17.6 Å². The van der Waals surface area contributed by atoms with Crippen LogP contribution in [0.4, 0.5) is 4.39 Å². The van der Waals surface area contributed by atoms with Gasteiger partial charge in [0.15, 0.2) is 0 Å². The molecule has 9 heteroatoms. The first-order chi connectivity index (χ1) is 14.4. The lowest BCUT2D eigenvalue weighted by atomic mass is 10.2. The quantitative estimate of drug-likeness (QED) is 0.651. The predicted octanol–water partition coefficient (Wildman–Crippen LogP) is 2.45. The number of benzene rings is 2. The number of aryl methyl sites for hydroxylation is 1. The number of hydrogen-bond acceptors (Lipinski definition) is 4. The molecule has 7 nitrogen and oxygen atoms in total. The Morgan fingerprint density at radius 3 is 2.70 bits per heavy atom. The minimum atomic E-state index is -3.86. The van der Waals surface area contributed by atoms with Gasteiger partial charge in [-0.2, -0.15) is 4.31 Å². The van der Waals surface area contributed by atoms with Crippen molar-refractivity contribution >= 4 is 27.0 Å². The Kier molecular flexibility index (Phi) is 5.57. The summed E-state index contributed by atoms with van der Waals surface area (Å²) in [5.74, 6) is 0.0269. The summed E-state index contributed by atoms with van der Waals surface area (Å²) >= 11 is 0. The van der Waals surface area contributed by atoms with Crippen molar-refractivity contribution in [3.05, 3.63) is 60.2 Å². The van der Waals surface area contributed by atoms with Gasteiger partial charge in [-0.05, 0) is 56.2 Å². The van der Waals surface area contributed by atoms with Crippen LogP contribution in [0.2, 0.25) is 0 Å². The number of fused-ring (bicyclic) bond motifs is 1. The maximum atomic E-state index is 13.2. The fourth-order valence-electron chi connectivity index (χ4n) is 3.92. The van der Waals surface area contributed by atoms with Crippen LogP contribution in [0.25, 0.3) is 11.0 Å². The highest BCUT2D eigenvalue weighted by Crippen LogP contribution is 2.26. The molecule has 1 saturated heterocycles. The van der Waals surface area contributed by atoms with Crippen molar-refractivity contribution in [3.8, 4) is 0 Å². The van der Waals surface area contributed by atoms with Crippen LogP contribution in [-0.2, 0) is 21.4 Å². The van der Waals surface area contributed by atoms with Crippen molar-refractivity contribution in [2.45, 2.75) is 37.2 Å². The molecule has 3 aromatic rings. The van der Waals surface area contributed by atoms with Crippen LogP contribution in [0, 0.1) is 12.7 Å². The Balaban J connectivity index is 1.44. The van der Waals surface area contributed by atoms with E-state index in [0.29, 0.717) is 25.9 Å².